The highest BCUT2D eigenvalue weighted by Gasteiger charge is 2.39. The van der Waals surface area contributed by atoms with E-state index in [2.05, 4.69) is 33.9 Å². The number of ether oxygens (including phenoxy) is 2. The fourth-order valence-electron chi connectivity index (χ4n) is 4.70. The smallest absolute Gasteiger partial charge is 0.336 e. The van der Waals surface area contributed by atoms with Gasteiger partial charge in [0.05, 0.1) is 0 Å². The zero-order valence-electron chi connectivity index (χ0n) is 19.6. The second-order valence-electron chi connectivity index (χ2n) is 9.66. The number of hydrogen-bond donors (Lipinski definition) is 0. The van der Waals surface area contributed by atoms with Gasteiger partial charge in [-0.1, -0.05) is 0 Å². The van der Waals surface area contributed by atoms with Crippen molar-refractivity contribution in [3.05, 3.63) is 52.6 Å². The SMILES string of the molecule is CN(C)C1CCN(c2cc(O[C@H]3Cc4cc5ccc(=O)oc5cc4OC3(C)C)ncn2)CC1. The van der Waals surface area contributed by atoms with Crippen LogP contribution in [-0.2, 0) is 6.42 Å². The van der Waals surface area contributed by atoms with Gasteiger partial charge in [0, 0.05) is 49.1 Å². The van der Waals surface area contributed by atoms with Crippen molar-refractivity contribution in [1.29, 1.82) is 0 Å². The molecule has 0 bridgehead atoms. The molecule has 0 spiro atoms. The van der Waals surface area contributed by atoms with Gasteiger partial charge in [-0.15, -0.1) is 0 Å². The van der Waals surface area contributed by atoms with Crippen molar-refractivity contribution < 1.29 is 13.9 Å². The summed E-state index contributed by atoms with van der Waals surface area (Å²) in [5.74, 6) is 2.16. The summed E-state index contributed by atoms with van der Waals surface area (Å²) in [5.41, 5.74) is 0.574. The molecule has 0 unspecified atom stereocenters. The fourth-order valence-corrected chi connectivity index (χ4v) is 4.70. The Balaban J connectivity index is 1.35. The Morgan fingerprint density at radius 3 is 2.67 bits per heavy atom. The van der Waals surface area contributed by atoms with Crippen molar-refractivity contribution in [2.45, 2.75) is 50.9 Å². The molecule has 2 aliphatic rings. The lowest BCUT2D eigenvalue weighted by molar-refractivity contribution is -0.0287. The highest BCUT2D eigenvalue weighted by molar-refractivity contribution is 5.79. The molecule has 0 amide bonds. The van der Waals surface area contributed by atoms with Crippen LogP contribution < -0.4 is 20.0 Å². The molecule has 1 atom stereocenters. The Morgan fingerprint density at radius 2 is 1.91 bits per heavy atom. The molecule has 5 rings (SSSR count). The van der Waals surface area contributed by atoms with Crippen molar-refractivity contribution in [3.8, 4) is 11.6 Å². The third-order valence-electron chi connectivity index (χ3n) is 6.77. The summed E-state index contributed by atoms with van der Waals surface area (Å²) in [5, 5.41) is 0.862. The summed E-state index contributed by atoms with van der Waals surface area (Å²) < 4.78 is 18.0. The van der Waals surface area contributed by atoms with E-state index in [0.29, 0.717) is 29.7 Å². The van der Waals surface area contributed by atoms with Crippen LogP contribution in [0.2, 0.25) is 0 Å². The molecule has 8 heteroatoms. The van der Waals surface area contributed by atoms with Gasteiger partial charge >= 0.3 is 5.63 Å². The third-order valence-corrected chi connectivity index (χ3v) is 6.77. The lowest BCUT2D eigenvalue weighted by atomic mass is 9.90. The van der Waals surface area contributed by atoms with E-state index in [9.17, 15) is 4.79 Å². The summed E-state index contributed by atoms with van der Waals surface area (Å²) in [6, 6.07) is 9.54. The molecule has 0 N–H and O–H groups in total. The van der Waals surface area contributed by atoms with Gasteiger partial charge < -0.3 is 23.7 Å². The van der Waals surface area contributed by atoms with E-state index < -0.39 is 5.60 Å². The number of benzene rings is 1. The minimum Gasteiger partial charge on any atom is -0.484 e. The van der Waals surface area contributed by atoms with Crippen molar-refractivity contribution in [2.24, 2.45) is 0 Å². The highest BCUT2D eigenvalue weighted by atomic mass is 16.6. The molecule has 1 fully saturated rings. The molecule has 3 aromatic rings. The van der Waals surface area contributed by atoms with Gasteiger partial charge in [-0.05, 0) is 58.5 Å². The van der Waals surface area contributed by atoms with Crippen LogP contribution in [0.1, 0.15) is 32.3 Å². The minimum atomic E-state index is -0.592. The first-order valence-electron chi connectivity index (χ1n) is 11.4. The van der Waals surface area contributed by atoms with Crippen LogP contribution in [0.15, 0.2) is 45.9 Å². The largest absolute Gasteiger partial charge is 0.484 e. The quantitative estimate of drug-likeness (QED) is 0.561. The molecule has 0 aliphatic carbocycles. The monoisotopic (exact) mass is 450 g/mol. The van der Waals surface area contributed by atoms with Crippen molar-refractivity contribution in [3.63, 3.8) is 0 Å². The number of hydrogen-bond acceptors (Lipinski definition) is 8. The minimum absolute atomic E-state index is 0.236. The molecule has 2 aromatic heterocycles. The number of nitrogens with zero attached hydrogens (tertiary/aromatic N) is 4. The summed E-state index contributed by atoms with van der Waals surface area (Å²) in [4.78, 5) is 25.0. The number of fused-ring (bicyclic) bond motifs is 2. The number of rotatable bonds is 4. The van der Waals surface area contributed by atoms with Crippen LogP contribution in [0.25, 0.3) is 11.0 Å². The second-order valence-corrected chi connectivity index (χ2v) is 9.66. The Kier molecular flexibility index (Phi) is 5.48. The van der Waals surface area contributed by atoms with Crippen molar-refractivity contribution in [1.82, 2.24) is 14.9 Å². The zero-order chi connectivity index (χ0) is 23.2. The highest BCUT2D eigenvalue weighted by Crippen LogP contribution is 2.37. The molecule has 1 saturated heterocycles. The van der Waals surface area contributed by atoms with Gasteiger partial charge in [-0.3, -0.25) is 0 Å². The molecule has 2 aliphatic heterocycles. The van der Waals surface area contributed by atoms with Crippen LogP contribution in [0.4, 0.5) is 5.82 Å². The Labute approximate surface area is 193 Å². The molecule has 174 valence electrons. The summed E-state index contributed by atoms with van der Waals surface area (Å²) in [6.07, 6.45) is 4.22. The lowest BCUT2D eigenvalue weighted by Gasteiger charge is -2.39. The zero-order valence-corrected chi connectivity index (χ0v) is 19.6. The Hall–Kier alpha value is -3.13. The number of aromatic nitrogens is 2. The predicted octanol–water partition coefficient (Wildman–Crippen LogP) is 3.27. The topological polar surface area (TPSA) is 80.9 Å². The molecule has 0 saturated carbocycles. The van der Waals surface area contributed by atoms with Crippen molar-refractivity contribution in [2.75, 3.05) is 32.1 Å². The first-order chi connectivity index (χ1) is 15.8. The van der Waals surface area contributed by atoms with Crippen LogP contribution >= 0.6 is 0 Å². The van der Waals surface area contributed by atoms with E-state index in [0.717, 1.165) is 42.7 Å². The van der Waals surface area contributed by atoms with E-state index in [-0.39, 0.29) is 11.7 Å². The molecular weight excluding hydrogens is 420 g/mol. The molecule has 0 radical (unpaired) electrons. The average Bonchev–Trinajstić information content (AvgIpc) is 2.78. The first-order valence-corrected chi connectivity index (χ1v) is 11.4. The normalized spacial score (nSPS) is 20.5. The molecule has 8 nitrogen and oxygen atoms in total. The van der Waals surface area contributed by atoms with Gasteiger partial charge in [0.2, 0.25) is 5.88 Å². The van der Waals surface area contributed by atoms with Gasteiger partial charge in [-0.2, -0.15) is 0 Å². The third kappa shape index (κ3) is 4.39. The fraction of sp³-hybridized carbons (Fsp3) is 0.480. The second kappa shape index (κ2) is 8.33. The van der Waals surface area contributed by atoms with Gasteiger partial charge in [0.25, 0.3) is 0 Å². The maximum Gasteiger partial charge on any atom is 0.336 e. The van der Waals surface area contributed by atoms with Crippen LogP contribution in [0.5, 0.6) is 11.6 Å². The molecule has 1 aromatic carbocycles. The standard InChI is InChI=1S/C25H30N4O4/c1-25(2)21(12-17-11-16-5-6-24(30)31-19(16)13-20(17)33-25)32-23-14-22(26-15-27-23)29-9-7-18(8-10-29)28(3)4/h5-6,11,13-15,18,21H,7-10,12H2,1-4H3/t21-/m0/s1. The van der Waals surface area contributed by atoms with Crippen LogP contribution in [0.3, 0.4) is 0 Å². The number of piperidine rings is 1. The first kappa shape index (κ1) is 21.7. The van der Waals surface area contributed by atoms with Gasteiger partial charge in [0.1, 0.15) is 35.2 Å². The maximum absolute atomic E-state index is 11.6. The van der Waals surface area contributed by atoms with Crippen LogP contribution in [0, 0.1) is 0 Å². The summed E-state index contributed by atoms with van der Waals surface area (Å²) in [7, 11) is 4.28. The van der Waals surface area contributed by atoms with Crippen molar-refractivity contribution >= 4 is 16.8 Å². The summed E-state index contributed by atoms with van der Waals surface area (Å²) >= 11 is 0. The van der Waals surface area contributed by atoms with Crippen LogP contribution in [-0.4, -0.2) is 59.8 Å². The van der Waals surface area contributed by atoms with E-state index in [1.807, 2.05) is 26.0 Å². The predicted molar refractivity (Wildman–Crippen MR) is 126 cm³/mol. The molecular formula is C25H30N4O4. The average molecular weight is 451 g/mol. The number of anilines is 1. The van der Waals surface area contributed by atoms with E-state index in [1.54, 1.807) is 18.5 Å². The molecule has 4 heterocycles. The molecule has 33 heavy (non-hydrogen) atoms. The van der Waals surface area contributed by atoms with E-state index in [4.69, 9.17) is 13.9 Å². The Morgan fingerprint density at radius 1 is 1.12 bits per heavy atom. The van der Waals surface area contributed by atoms with Gasteiger partial charge in [0.15, 0.2) is 0 Å². The van der Waals surface area contributed by atoms with Gasteiger partial charge in [-0.25, -0.2) is 14.8 Å². The summed E-state index contributed by atoms with van der Waals surface area (Å²) in [6.45, 7) is 5.93. The maximum atomic E-state index is 11.6. The van der Waals surface area contributed by atoms with E-state index in [1.165, 1.54) is 6.07 Å². The lowest BCUT2D eigenvalue weighted by Crippen LogP contribution is -2.49. The van der Waals surface area contributed by atoms with E-state index >= 15 is 0 Å². The Bertz CT molecular complexity index is 1210.